The monoisotopic (exact) mass is 743 g/mol. The zero-order valence-electron chi connectivity index (χ0n) is 33.8. The van der Waals surface area contributed by atoms with Crippen molar-refractivity contribution in [2.24, 2.45) is 17.3 Å². The predicted octanol–water partition coefficient (Wildman–Crippen LogP) is 10.0. The first kappa shape index (κ1) is 41.9. The number of allylic oxidation sites excluding steroid dienone is 2. The van der Waals surface area contributed by atoms with E-state index < -0.39 is 11.6 Å². The third-order valence-corrected chi connectivity index (χ3v) is 9.47. The van der Waals surface area contributed by atoms with Gasteiger partial charge in [-0.15, -0.1) is 0 Å². The number of carbonyl (C=O) groups excluding carboxylic acids is 3. The largest absolute Gasteiger partial charge is 0.496 e. The summed E-state index contributed by atoms with van der Waals surface area (Å²) in [7, 11) is 1.56. The van der Waals surface area contributed by atoms with E-state index in [1.54, 1.807) is 43.5 Å². The Bertz CT molecular complexity index is 2070. The number of nitrogens with zero attached hydrogens (tertiary/aromatic N) is 2. The lowest BCUT2D eigenvalue weighted by Gasteiger charge is -2.35. The van der Waals surface area contributed by atoms with Crippen molar-refractivity contribution in [3.63, 3.8) is 0 Å². The maximum Gasteiger partial charge on any atom is 0.311 e. The topological polar surface area (TPSA) is 118 Å². The Morgan fingerprint density at radius 1 is 0.873 bits per heavy atom. The number of aryl methyl sites for hydroxylation is 2. The van der Waals surface area contributed by atoms with Crippen LogP contribution in [-0.2, 0) is 9.53 Å². The van der Waals surface area contributed by atoms with Crippen LogP contribution in [0.4, 0.5) is 0 Å². The Balaban J connectivity index is 0.000000245. The van der Waals surface area contributed by atoms with Crippen LogP contribution in [0.25, 0.3) is 0 Å². The minimum atomic E-state index is -0.962. The van der Waals surface area contributed by atoms with Crippen LogP contribution in [0.15, 0.2) is 103 Å². The second kappa shape index (κ2) is 17.5. The molecule has 5 rings (SSSR count). The fourth-order valence-electron chi connectivity index (χ4n) is 6.52. The molecule has 288 valence electrons. The maximum atomic E-state index is 13.2. The average molecular weight is 744 g/mol. The van der Waals surface area contributed by atoms with Crippen molar-refractivity contribution in [3.8, 4) is 23.3 Å². The number of nitrogens with one attached hydrogen (secondary N) is 1. The summed E-state index contributed by atoms with van der Waals surface area (Å²) in [6.45, 7) is 19.5. The van der Waals surface area contributed by atoms with E-state index >= 15 is 0 Å². The molecular weight excluding hydrogens is 691 g/mol. The summed E-state index contributed by atoms with van der Waals surface area (Å²) in [5, 5.41) is 11.0. The molecule has 1 N–H and O–H groups in total. The normalized spacial score (nSPS) is 15.8. The minimum Gasteiger partial charge on any atom is -0.496 e. The highest BCUT2D eigenvalue weighted by Crippen LogP contribution is 2.60. The van der Waals surface area contributed by atoms with Gasteiger partial charge in [0.05, 0.1) is 18.6 Å². The van der Waals surface area contributed by atoms with Crippen molar-refractivity contribution < 1.29 is 28.6 Å². The molecule has 2 amide bonds. The maximum absolute atomic E-state index is 13.2. The number of hydrogen-bond acceptors (Lipinski definition) is 7. The van der Waals surface area contributed by atoms with E-state index in [0.717, 1.165) is 16.7 Å². The lowest BCUT2D eigenvalue weighted by molar-refractivity contribution is -0.149. The van der Waals surface area contributed by atoms with Crippen molar-refractivity contribution in [2.45, 2.75) is 80.9 Å². The summed E-state index contributed by atoms with van der Waals surface area (Å²) >= 11 is 0. The molecule has 55 heavy (non-hydrogen) atoms. The van der Waals surface area contributed by atoms with Crippen LogP contribution in [0, 0.1) is 49.4 Å². The molecule has 0 heterocycles. The van der Waals surface area contributed by atoms with Crippen molar-refractivity contribution in [1.29, 1.82) is 5.26 Å². The van der Waals surface area contributed by atoms with Crippen LogP contribution in [-0.4, -0.2) is 35.4 Å². The first-order valence-corrected chi connectivity index (χ1v) is 18.3. The fourth-order valence-corrected chi connectivity index (χ4v) is 6.52. The number of amides is 2. The molecular formula is C46H53N3O6. The smallest absolute Gasteiger partial charge is 0.311 e. The molecule has 0 aromatic heterocycles. The molecule has 0 radical (unpaired) electrons. The Hall–Kier alpha value is -5.88. The average Bonchev–Trinajstić information content (AvgIpc) is 3.66. The van der Waals surface area contributed by atoms with Gasteiger partial charge in [-0.2, -0.15) is 5.26 Å². The first-order valence-electron chi connectivity index (χ1n) is 18.3. The summed E-state index contributed by atoms with van der Waals surface area (Å²) in [6.07, 6.45) is 1.15. The van der Waals surface area contributed by atoms with E-state index in [0.29, 0.717) is 33.9 Å². The number of hydrogen-bond donors (Lipinski definition) is 1. The molecule has 1 fully saturated rings. The first-order chi connectivity index (χ1) is 25.9. The molecule has 0 aliphatic heterocycles. The number of para-hydroxylation sites is 1. The number of ether oxygens (including phenoxy) is 3. The molecule has 4 aromatic carbocycles. The Morgan fingerprint density at radius 3 is 2.07 bits per heavy atom. The SMILES string of the molecule is CC(C)=CC1C(C(=O)OC(C#N)c2cccc(Oc3ccccc3)c2)C1(C)C.COc1cccc(C(=O)NN(C(=O)c2cc(C)cc(C)c2)C(C)(C)C)c1C. The van der Waals surface area contributed by atoms with Gasteiger partial charge >= 0.3 is 5.97 Å². The Morgan fingerprint density at radius 2 is 1.49 bits per heavy atom. The molecule has 9 nitrogen and oxygen atoms in total. The quantitative estimate of drug-likeness (QED) is 0.103. The third-order valence-electron chi connectivity index (χ3n) is 9.47. The number of benzene rings is 4. The summed E-state index contributed by atoms with van der Waals surface area (Å²) in [6, 6.07) is 29.5. The predicted molar refractivity (Wildman–Crippen MR) is 215 cm³/mol. The molecule has 3 unspecified atom stereocenters. The fraction of sp³-hybridized carbons (Fsp3) is 0.348. The summed E-state index contributed by atoms with van der Waals surface area (Å²) in [5.41, 5.74) is 7.57. The van der Waals surface area contributed by atoms with Gasteiger partial charge in [-0.3, -0.25) is 19.8 Å². The van der Waals surface area contributed by atoms with Gasteiger partial charge in [-0.05, 0) is 115 Å². The van der Waals surface area contributed by atoms with E-state index in [1.165, 1.54) is 10.6 Å². The van der Waals surface area contributed by atoms with Gasteiger partial charge in [-0.1, -0.05) is 79.1 Å². The molecule has 0 saturated heterocycles. The molecule has 0 bridgehead atoms. The van der Waals surface area contributed by atoms with Gasteiger partial charge in [0.2, 0.25) is 6.10 Å². The van der Waals surface area contributed by atoms with E-state index in [-0.39, 0.29) is 35.0 Å². The second-order valence-corrected chi connectivity index (χ2v) is 15.8. The Labute approximate surface area is 325 Å². The van der Waals surface area contributed by atoms with Crippen LogP contribution in [0.5, 0.6) is 17.2 Å². The van der Waals surface area contributed by atoms with Crippen molar-refractivity contribution in [1.82, 2.24) is 10.4 Å². The molecule has 1 aliphatic rings. The van der Waals surface area contributed by atoms with Gasteiger partial charge < -0.3 is 14.2 Å². The molecule has 4 aromatic rings. The summed E-state index contributed by atoms with van der Waals surface area (Å²) in [5.74, 6) is 0.934. The lowest BCUT2D eigenvalue weighted by Crippen LogP contribution is -2.56. The van der Waals surface area contributed by atoms with Crippen LogP contribution >= 0.6 is 0 Å². The minimum absolute atomic E-state index is 0.146. The van der Waals surface area contributed by atoms with E-state index in [9.17, 15) is 19.6 Å². The number of nitriles is 1. The molecule has 3 atom stereocenters. The molecule has 1 aliphatic carbocycles. The second-order valence-electron chi connectivity index (χ2n) is 15.8. The zero-order valence-corrected chi connectivity index (χ0v) is 33.8. The van der Waals surface area contributed by atoms with E-state index in [2.05, 4.69) is 31.4 Å². The Kier molecular flexibility index (Phi) is 13.3. The highest BCUT2D eigenvalue weighted by molar-refractivity contribution is 6.00. The number of hydrazine groups is 1. The molecule has 1 saturated carbocycles. The van der Waals surface area contributed by atoms with Crippen molar-refractivity contribution in [3.05, 3.63) is 136 Å². The van der Waals surface area contributed by atoms with Gasteiger partial charge in [0, 0.05) is 22.3 Å². The van der Waals surface area contributed by atoms with Gasteiger partial charge in [0.25, 0.3) is 11.8 Å². The van der Waals surface area contributed by atoms with Crippen LogP contribution in [0.3, 0.4) is 0 Å². The van der Waals surface area contributed by atoms with Crippen LogP contribution in [0.2, 0.25) is 0 Å². The third kappa shape index (κ3) is 10.6. The standard InChI is InChI=1S/C24H25NO3.C22H28N2O3/c1-16(2)13-20-22(24(20,3)4)23(26)28-21(15-25)17-9-8-12-19(14-17)27-18-10-6-5-7-11-18;1-14-11-15(2)13-17(12-14)21(26)24(22(4,5)6)23-20(25)18-9-8-10-19(27-7)16(18)3/h5-14,20-22H,1-4H3;8-13H,1-7H3,(H,23,25). The van der Waals surface area contributed by atoms with E-state index in [4.69, 9.17) is 14.2 Å². The molecule has 0 spiro atoms. The highest BCUT2D eigenvalue weighted by atomic mass is 16.5. The van der Waals surface area contributed by atoms with Crippen LogP contribution in [0.1, 0.15) is 97.5 Å². The summed E-state index contributed by atoms with van der Waals surface area (Å²) < 4.78 is 16.7. The number of carbonyl (C=O) groups is 3. The van der Waals surface area contributed by atoms with Crippen molar-refractivity contribution in [2.75, 3.05) is 7.11 Å². The lowest BCUT2D eigenvalue weighted by atomic mass is 10.0. The number of rotatable bonds is 9. The highest BCUT2D eigenvalue weighted by Gasteiger charge is 2.61. The summed E-state index contributed by atoms with van der Waals surface area (Å²) in [4.78, 5) is 38.8. The zero-order chi connectivity index (χ0) is 40.7. The number of esters is 1. The van der Waals surface area contributed by atoms with Gasteiger partial charge in [-0.25, -0.2) is 5.01 Å². The van der Waals surface area contributed by atoms with E-state index in [1.807, 2.05) is 110 Å². The van der Waals surface area contributed by atoms with Crippen molar-refractivity contribution >= 4 is 17.8 Å². The van der Waals surface area contributed by atoms with Gasteiger partial charge in [0.15, 0.2) is 0 Å². The number of methoxy groups -OCH3 is 1. The van der Waals surface area contributed by atoms with Gasteiger partial charge in [0.1, 0.15) is 23.3 Å². The van der Waals surface area contributed by atoms with Crippen LogP contribution < -0.4 is 14.9 Å². The molecule has 9 heteroatoms.